The second kappa shape index (κ2) is 9.92. The molecular formula is C27H23NO5. The molecule has 0 aromatic heterocycles. The second-order valence-corrected chi connectivity index (χ2v) is 7.53. The maximum atomic E-state index is 12.2. The normalized spacial score (nSPS) is 11.5. The van der Waals surface area contributed by atoms with Gasteiger partial charge in [-0.2, -0.15) is 0 Å². The minimum atomic E-state index is -0.530. The Hall–Kier alpha value is -4.24. The molecule has 6 nitrogen and oxygen atoms in total. The number of ether oxygens (including phenoxy) is 2. The van der Waals surface area contributed by atoms with E-state index in [1.54, 1.807) is 6.07 Å². The molecule has 4 rings (SSSR count). The van der Waals surface area contributed by atoms with Crippen LogP contribution in [-0.2, 0) is 9.47 Å². The standard InChI is InChI=1S/C27H23NO5/c1-32-26(30)19-14-13-18(25(29)16-19)8-6-7-15-28-27(31)33-17-24-22-11-4-2-9-20(22)21-10-3-5-12-23(21)24/h2-5,9-14,16,24,29H,7,15,17H2,1H3,(H,28,31). The molecule has 0 saturated carbocycles. The van der Waals surface area contributed by atoms with Crippen molar-refractivity contribution >= 4 is 12.1 Å². The maximum absolute atomic E-state index is 12.2. The Bertz CT molecular complexity index is 1210. The number of hydrogen-bond donors (Lipinski definition) is 2. The van der Waals surface area contributed by atoms with Crippen molar-refractivity contribution in [3.05, 3.63) is 89.0 Å². The van der Waals surface area contributed by atoms with Crippen LogP contribution >= 0.6 is 0 Å². The number of carbonyl (C=O) groups is 2. The third kappa shape index (κ3) is 4.83. The van der Waals surface area contributed by atoms with Crippen LogP contribution in [0.25, 0.3) is 11.1 Å². The highest BCUT2D eigenvalue weighted by Crippen LogP contribution is 2.44. The SMILES string of the molecule is COC(=O)c1ccc(C#CCCNC(=O)OCC2c3ccccc3-c3ccccc32)c(O)c1. The zero-order valence-corrected chi connectivity index (χ0v) is 18.1. The van der Waals surface area contributed by atoms with Gasteiger partial charge < -0.3 is 19.9 Å². The molecule has 33 heavy (non-hydrogen) atoms. The van der Waals surface area contributed by atoms with E-state index < -0.39 is 12.1 Å². The summed E-state index contributed by atoms with van der Waals surface area (Å²) in [5.41, 5.74) is 5.33. The smallest absolute Gasteiger partial charge is 0.407 e. The molecule has 0 saturated heterocycles. The van der Waals surface area contributed by atoms with Gasteiger partial charge in [0.25, 0.3) is 0 Å². The van der Waals surface area contributed by atoms with Gasteiger partial charge >= 0.3 is 12.1 Å². The van der Waals surface area contributed by atoms with Gasteiger partial charge in [-0.15, -0.1) is 0 Å². The van der Waals surface area contributed by atoms with Crippen LogP contribution < -0.4 is 5.32 Å². The summed E-state index contributed by atoms with van der Waals surface area (Å²) in [6, 6.07) is 20.7. The predicted octanol–water partition coefficient (Wildman–Crippen LogP) is 4.46. The molecule has 2 N–H and O–H groups in total. The summed E-state index contributed by atoms with van der Waals surface area (Å²) in [6.45, 7) is 0.566. The van der Waals surface area contributed by atoms with E-state index in [2.05, 4.69) is 46.2 Å². The molecule has 1 aliphatic rings. The van der Waals surface area contributed by atoms with E-state index in [1.807, 2.05) is 24.3 Å². The van der Waals surface area contributed by atoms with Crippen LogP contribution in [0.4, 0.5) is 4.79 Å². The summed E-state index contributed by atoms with van der Waals surface area (Å²) in [7, 11) is 1.27. The molecular weight excluding hydrogens is 418 g/mol. The number of carbonyl (C=O) groups excluding carboxylic acids is 2. The largest absolute Gasteiger partial charge is 0.507 e. The van der Waals surface area contributed by atoms with Gasteiger partial charge in [0.1, 0.15) is 12.4 Å². The number of benzene rings is 3. The zero-order valence-electron chi connectivity index (χ0n) is 18.1. The van der Waals surface area contributed by atoms with Crippen molar-refractivity contribution in [1.82, 2.24) is 5.32 Å². The highest BCUT2D eigenvalue weighted by atomic mass is 16.5. The first-order chi connectivity index (χ1) is 16.1. The average Bonchev–Trinajstić information content (AvgIpc) is 3.16. The van der Waals surface area contributed by atoms with Crippen molar-refractivity contribution in [2.24, 2.45) is 0 Å². The zero-order chi connectivity index (χ0) is 23.2. The van der Waals surface area contributed by atoms with Crippen molar-refractivity contribution in [3.63, 3.8) is 0 Å². The number of hydrogen-bond acceptors (Lipinski definition) is 5. The lowest BCUT2D eigenvalue weighted by Crippen LogP contribution is -2.26. The molecule has 0 atom stereocenters. The van der Waals surface area contributed by atoms with E-state index in [0.717, 1.165) is 11.1 Å². The first-order valence-electron chi connectivity index (χ1n) is 10.6. The molecule has 0 heterocycles. The van der Waals surface area contributed by atoms with Crippen LogP contribution in [0.3, 0.4) is 0 Å². The number of esters is 1. The van der Waals surface area contributed by atoms with E-state index in [-0.39, 0.29) is 23.8 Å². The van der Waals surface area contributed by atoms with Crippen LogP contribution in [0.5, 0.6) is 5.75 Å². The van der Waals surface area contributed by atoms with Crippen molar-refractivity contribution in [3.8, 4) is 28.7 Å². The monoisotopic (exact) mass is 441 g/mol. The van der Waals surface area contributed by atoms with Crippen molar-refractivity contribution in [1.29, 1.82) is 0 Å². The minimum Gasteiger partial charge on any atom is -0.507 e. The lowest BCUT2D eigenvalue weighted by atomic mass is 9.98. The number of nitrogens with one attached hydrogen (secondary N) is 1. The Morgan fingerprint density at radius 3 is 2.30 bits per heavy atom. The first-order valence-corrected chi connectivity index (χ1v) is 10.6. The van der Waals surface area contributed by atoms with Crippen LogP contribution in [-0.4, -0.2) is 37.4 Å². The number of amides is 1. The lowest BCUT2D eigenvalue weighted by molar-refractivity contribution is 0.0600. The van der Waals surface area contributed by atoms with Crippen molar-refractivity contribution in [2.75, 3.05) is 20.3 Å². The fraction of sp³-hybridized carbons (Fsp3) is 0.185. The van der Waals surface area contributed by atoms with Crippen LogP contribution in [0.15, 0.2) is 66.7 Å². The summed E-state index contributed by atoms with van der Waals surface area (Å²) < 4.78 is 10.1. The molecule has 3 aromatic carbocycles. The highest BCUT2D eigenvalue weighted by molar-refractivity contribution is 5.90. The second-order valence-electron chi connectivity index (χ2n) is 7.53. The Kier molecular flexibility index (Phi) is 6.61. The number of alkyl carbamates (subject to hydrolysis) is 1. The van der Waals surface area contributed by atoms with Crippen molar-refractivity contribution in [2.45, 2.75) is 12.3 Å². The van der Waals surface area contributed by atoms with Gasteiger partial charge in [0, 0.05) is 18.9 Å². The lowest BCUT2D eigenvalue weighted by Gasteiger charge is -2.14. The molecule has 166 valence electrons. The first kappa shape index (κ1) is 22.0. The van der Waals surface area contributed by atoms with Crippen LogP contribution in [0.1, 0.15) is 39.4 Å². The molecule has 0 aliphatic heterocycles. The Balaban J connectivity index is 1.27. The highest BCUT2D eigenvalue weighted by Gasteiger charge is 2.28. The fourth-order valence-electron chi connectivity index (χ4n) is 3.92. The number of fused-ring (bicyclic) bond motifs is 3. The van der Waals surface area contributed by atoms with Crippen LogP contribution in [0.2, 0.25) is 0 Å². The molecule has 0 spiro atoms. The third-order valence-corrected chi connectivity index (χ3v) is 5.50. The minimum absolute atomic E-state index is 0.0129. The summed E-state index contributed by atoms with van der Waals surface area (Å²) in [5.74, 6) is 5.09. The van der Waals surface area contributed by atoms with Gasteiger partial charge in [0.15, 0.2) is 0 Å². The number of methoxy groups -OCH3 is 1. The Morgan fingerprint density at radius 2 is 1.67 bits per heavy atom. The predicted molar refractivity (Wildman–Crippen MR) is 124 cm³/mol. The third-order valence-electron chi connectivity index (χ3n) is 5.50. The molecule has 0 unspecified atom stereocenters. The maximum Gasteiger partial charge on any atom is 0.407 e. The number of aromatic hydroxyl groups is 1. The fourth-order valence-corrected chi connectivity index (χ4v) is 3.92. The van der Waals surface area contributed by atoms with Gasteiger partial charge in [-0.3, -0.25) is 0 Å². The molecule has 3 aromatic rings. The summed E-state index contributed by atoms with van der Waals surface area (Å²) in [4.78, 5) is 23.7. The number of phenolic OH excluding ortho intramolecular Hbond substituents is 1. The molecule has 0 bridgehead atoms. The molecule has 1 aliphatic carbocycles. The average molecular weight is 441 g/mol. The Labute approximate surface area is 192 Å². The van der Waals surface area contributed by atoms with Gasteiger partial charge in [0.2, 0.25) is 0 Å². The molecule has 0 fully saturated rings. The van der Waals surface area contributed by atoms with E-state index >= 15 is 0 Å². The summed E-state index contributed by atoms with van der Waals surface area (Å²) in [5, 5.41) is 12.7. The number of rotatable bonds is 5. The van der Waals surface area contributed by atoms with Gasteiger partial charge in [-0.05, 0) is 40.5 Å². The summed E-state index contributed by atoms with van der Waals surface area (Å²) in [6.07, 6.45) is -0.119. The van der Waals surface area contributed by atoms with Gasteiger partial charge in [-0.25, -0.2) is 9.59 Å². The molecule has 6 heteroatoms. The van der Waals surface area contributed by atoms with E-state index in [9.17, 15) is 14.7 Å². The van der Waals surface area contributed by atoms with Crippen molar-refractivity contribution < 1.29 is 24.2 Å². The number of phenols is 1. The van der Waals surface area contributed by atoms with E-state index in [4.69, 9.17) is 4.74 Å². The topological polar surface area (TPSA) is 84.9 Å². The van der Waals surface area contributed by atoms with E-state index in [1.165, 1.54) is 30.4 Å². The summed E-state index contributed by atoms with van der Waals surface area (Å²) >= 11 is 0. The molecule has 0 radical (unpaired) electrons. The molecule has 1 amide bonds. The quantitative estimate of drug-likeness (QED) is 0.347. The van der Waals surface area contributed by atoms with Gasteiger partial charge in [0.05, 0.1) is 18.2 Å². The van der Waals surface area contributed by atoms with E-state index in [0.29, 0.717) is 18.5 Å². The van der Waals surface area contributed by atoms with Gasteiger partial charge in [-0.1, -0.05) is 60.4 Å². The Morgan fingerprint density at radius 1 is 1.00 bits per heavy atom. The van der Waals surface area contributed by atoms with Crippen LogP contribution in [0, 0.1) is 11.8 Å².